The fourth-order valence-electron chi connectivity index (χ4n) is 9.18. The Morgan fingerprint density at radius 2 is 1.74 bits per heavy atom. The third kappa shape index (κ3) is 11.0. The number of aliphatic hydroxyl groups excluding tert-OH is 3. The number of rotatable bonds is 24. The van der Waals surface area contributed by atoms with E-state index in [1.54, 1.807) is 42.2 Å². The molecule has 0 aromatic heterocycles. The number of oxime groups is 1. The fraction of sp³-hybridized carbons (Fsp3) is 0.500. The molecule has 1 aliphatic heterocycles. The first-order valence-electron chi connectivity index (χ1n) is 21.6. The fourth-order valence-corrected chi connectivity index (χ4v) is 9.18. The molecule has 3 N–H and O–H groups in total. The summed E-state index contributed by atoms with van der Waals surface area (Å²) in [6.45, 7) is 6.46. The van der Waals surface area contributed by atoms with E-state index in [1.165, 1.54) is 6.07 Å². The lowest BCUT2D eigenvalue weighted by molar-refractivity contribution is -0.256. The van der Waals surface area contributed by atoms with Crippen LogP contribution in [-0.2, 0) is 32.3 Å². The summed E-state index contributed by atoms with van der Waals surface area (Å²) in [6.07, 6.45) is 7.88. The van der Waals surface area contributed by atoms with Crippen LogP contribution in [0.2, 0.25) is 0 Å². The van der Waals surface area contributed by atoms with Crippen LogP contribution in [0.15, 0.2) is 102 Å². The molecule has 1 heterocycles. The minimum atomic E-state index is -1.50. The molecule has 3 aromatic carbocycles. The molecule has 61 heavy (non-hydrogen) atoms. The average Bonchev–Trinajstić information content (AvgIpc) is 3.27. The first-order valence-corrected chi connectivity index (χ1v) is 21.6. The third-order valence-electron chi connectivity index (χ3n) is 11.8. The Labute approximate surface area is 358 Å². The van der Waals surface area contributed by atoms with Crippen LogP contribution in [0.5, 0.6) is 11.5 Å². The Hall–Kier alpha value is -4.79. The molecule has 0 saturated heterocycles. The molecule has 2 aliphatic carbocycles. The van der Waals surface area contributed by atoms with Crippen LogP contribution in [0.1, 0.15) is 74.5 Å². The van der Waals surface area contributed by atoms with Crippen molar-refractivity contribution in [1.29, 1.82) is 0 Å². The Morgan fingerprint density at radius 1 is 0.967 bits per heavy atom. The molecular formula is C48H61FN2O10. The van der Waals surface area contributed by atoms with Crippen molar-refractivity contribution in [3.63, 3.8) is 0 Å². The van der Waals surface area contributed by atoms with Gasteiger partial charge in [-0.05, 0) is 79.8 Å². The van der Waals surface area contributed by atoms with E-state index >= 15 is 0 Å². The zero-order valence-corrected chi connectivity index (χ0v) is 35.2. The van der Waals surface area contributed by atoms with Crippen LogP contribution in [-0.4, -0.2) is 96.6 Å². The zero-order chi connectivity index (χ0) is 43.0. The number of nitrogens with zero attached hydrogens (tertiary/aromatic N) is 2. The maximum Gasteiger partial charge on any atom is 0.410 e. The van der Waals surface area contributed by atoms with Crippen LogP contribution in [0.4, 0.5) is 9.18 Å². The first kappa shape index (κ1) is 45.7. The molecule has 1 saturated carbocycles. The topological polar surface area (TPSA) is 149 Å². The van der Waals surface area contributed by atoms with Crippen LogP contribution in [0.25, 0.3) is 0 Å². The molecule has 1 amide bonds. The quantitative estimate of drug-likeness (QED) is 0.0466. The smallest absolute Gasteiger partial charge is 0.410 e. The molecule has 0 unspecified atom stereocenters. The molecule has 0 spiro atoms. The number of hydrogen-bond donors (Lipinski definition) is 3. The first-order chi connectivity index (χ1) is 29.9. The van der Waals surface area contributed by atoms with Gasteiger partial charge in [-0.3, -0.25) is 4.90 Å². The van der Waals surface area contributed by atoms with Crippen molar-refractivity contribution in [3.8, 4) is 11.5 Å². The summed E-state index contributed by atoms with van der Waals surface area (Å²) in [4.78, 5) is 21.9. The molecule has 13 heteroatoms. The summed E-state index contributed by atoms with van der Waals surface area (Å²) in [5.41, 5.74) is 3.76. The van der Waals surface area contributed by atoms with Crippen LogP contribution < -0.4 is 9.47 Å². The van der Waals surface area contributed by atoms with E-state index in [4.69, 9.17) is 33.7 Å². The van der Waals surface area contributed by atoms with Gasteiger partial charge in [-0.25, -0.2) is 9.18 Å². The normalized spacial score (nSPS) is 23.3. The van der Waals surface area contributed by atoms with Gasteiger partial charge in [-0.1, -0.05) is 78.7 Å². The maximum absolute atomic E-state index is 14.7. The minimum absolute atomic E-state index is 0.00988. The monoisotopic (exact) mass is 844 g/mol. The highest BCUT2D eigenvalue weighted by atomic mass is 19.1. The molecule has 1 fully saturated rings. The van der Waals surface area contributed by atoms with E-state index in [0.29, 0.717) is 35.6 Å². The largest absolute Gasteiger partial charge is 0.489 e. The van der Waals surface area contributed by atoms with Gasteiger partial charge in [-0.15, -0.1) is 6.58 Å². The highest BCUT2D eigenvalue weighted by Crippen LogP contribution is 2.62. The van der Waals surface area contributed by atoms with Crippen molar-refractivity contribution in [2.75, 3.05) is 52.8 Å². The van der Waals surface area contributed by atoms with Gasteiger partial charge in [0.2, 0.25) is 5.79 Å². The summed E-state index contributed by atoms with van der Waals surface area (Å²) >= 11 is 0. The second kappa shape index (κ2) is 22.9. The summed E-state index contributed by atoms with van der Waals surface area (Å²) < 4.78 is 46.7. The van der Waals surface area contributed by atoms with Crippen LogP contribution in [0.3, 0.4) is 0 Å². The molecule has 6 atom stereocenters. The molecule has 3 aromatic rings. The highest BCUT2D eigenvalue weighted by molar-refractivity contribution is 6.03. The maximum atomic E-state index is 14.7. The number of benzene rings is 3. The molecule has 0 bridgehead atoms. The van der Waals surface area contributed by atoms with Crippen molar-refractivity contribution in [2.45, 2.75) is 82.8 Å². The molecule has 12 nitrogen and oxygen atoms in total. The summed E-state index contributed by atoms with van der Waals surface area (Å²) in [6, 6.07) is 21.1. The summed E-state index contributed by atoms with van der Waals surface area (Å²) in [5.74, 6) is -1.59. The van der Waals surface area contributed by atoms with Crippen LogP contribution >= 0.6 is 0 Å². The van der Waals surface area contributed by atoms with E-state index in [2.05, 4.69) is 12.7 Å². The zero-order valence-electron chi connectivity index (χ0n) is 35.2. The van der Waals surface area contributed by atoms with Crippen molar-refractivity contribution < 1.29 is 53.0 Å². The number of amides is 1. The van der Waals surface area contributed by atoms with Gasteiger partial charge < -0.3 is 43.8 Å². The number of carbonyl (C=O) groups is 1. The van der Waals surface area contributed by atoms with E-state index in [0.717, 1.165) is 42.4 Å². The predicted octanol–water partition coefficient (Wildman–Crippen LogP) is 7.71. The van der Waals surface area contributed by atoms with Gasteiger partial charge in [0.1, 0.15) is 36.6 Å². The van der Waals surface area contributed by atoms with E-state index in [-0.39, 0.29) is 96.0 Å². The number of ether oxygens (including phenoxy) is 5. The molecule has 330 valence electrons. The van der Waals surface area contributed by atoms with Gasteiger partial charge >= 0.3 is 6.09 Å². The van der Waals surface area contributed by atoms with E-state index in [1.807, 2.05) is 42.5 Å². The lowest BCUT2D eigenvalue weighted by Gasteiger charge is -2.59. The number of unbranched alkanes of at least 4 members (excludes halogenated alkanes) is 2. The Bertz CT molecular complexity index is 1930. The second-order valence-electron chi connectivity index (χ2n) is 15.6. The van der Waals surface area contributed by atoms with Crippen molar-refractivity contribution in [3.05, 3.63) is 120 Å². The standard InChI is InChI=1S/C48H61FN2O10/c1-3-26-59-48-44(51(47(55)57-4-2)22-27-56-28-25-54)31-42(50-60-32-34-14-6-5-7-15-34)39-29-35(16-10-12-23-52)38(18-11-13-24-53)45(46(39)48)40-30-37(20-21-43(40)61-48)58-33-36-17-8-9-19-41(36)49/h3,5-9,14-15,17,19-21,29-30,35,38,44-46,52-54H,1,4,10-13,16,18,22-28,31-33H2,2H3/t35-,38+,44-,45+,46+,48+/m0/s1. The molecule has 3 aliphatic rings. The van der Waals surface area contributed by atoms with Gasteiger partial charge in [0.25, 0.3) is 0 Å². The van der Waals surface area contributed by atoms with E-state index in [9.17, 15) is 24.5 Å². The molecule has 0 radical (unpaired) electrons. The minimum Gasteiger partial charge on any atom is -0.489 e. The van der Waals surface area contributed by atoms with Crippen molar-refractivity contribution in [2.24, 2.45) is 22.9 Å². The third-order valence-corrected chi connectivity index (χ3v) is 11.8. The number of carbonyl (C=O) groups excluding carboxylic acids is 1. The van der Waals surface area contributed by atoms with Gasteiger partial charge in [0.15, 0.2) is 0 Å². The number of halogens is 1. The summed E-state index contributed by atoms with van der Waals surface area (Å²) in [5, 5.41) is 34.2. The van der Waals surface area contributed by atoms with Gasteiger partial charge in [-0.2, -0.15) is 0 Å². The average molecular weight is 845 g/mol. The SMILES string of the molecule is C=CCO[C@@]12Oc3ccc(OCc4ccccc4F)cc3[C@H]3[C@H](CCCCO)[C@@H](CCCCO)C=C(C(=NOCc4ccccc4)C[C@@H]1N(CCOCCO)C(=O)OCC)[C@H]32. The number of hydrogen-bond acceptors (Lipinski definition) is 11. The van der Waals surface area contributed by atoms with Gasteiger partial charge in [0, 0.05) is 43.2 Å². The predicted molar refractivity (Wildman–Crippen MR) is 229 cm³/mol. The highest BCUT2D eigenvalue weighted by Gasteiger charge is 2.65. The Kier molecular flexibility index (Phi) is 17.2. The lowest BCUT2D eigenvalue weighted by Crippen LogP contribution is -2.70. The number of fused-ring (bicyclic) bond motifs is 2. The lowest BCUT2D eigenvalue weighted by atomic mass is 9.55. The molecular weight excluding hydrogens is 784 g/mol. The Balaban J connectivity index is 1.55. The van der Waals surface area contributed by atoms with Gasteiger partial charge in [0.05, 0.1) is 44.7 Å². The summed E-state index contributed by atoms with van der Waals surface area (Å²) in [7, 11) is 0. The van der Waals surface area contributed by atoms with E-state index < -0.39 is 23.8 Å². The number of allylic oxidation sites excluding steroid dienone is 1. The number of aliphatic hydroxyl groups is 3. The van der Waals surface area contributed by atoms with Crippen molar-refractivity contribution in [1.82, 2.24) is 4.90 Å². The Morgan fingerprint density at radius 3 is 2.48 bits per heavy atom. The molecule has 6 rings (SSSR count). The van der Waals surface area contributed by atoms with Crippen LogP contribution in [0, 0.1) is 23.6 Å². The second-order valence-corrected chi connectivity index (χ2v) is 15.6. The van der Waals surface area contributed by atoms with Crippen molar-refractivity contribution >= 4 is 11.8 Å².